The van der Waals surface area contributed by atoms with E-state index in [1.54, 1.807) is 12.1 Å². The highest BCUT2D eigenvalue weighted by molar-refractivity contribution is 6.04. The minimum atomic E-state index is -0.853. The van der Waals surface area contributed by atoms with Gasteiger partial charge in [-0.2, -0.15) is 0 Å². The van der Waals surface area contributed by atoms with E-state index in [0.29, 0.717) is 0 Å². The van der Waals surface area contributed by atoms with Gasteiger partial charge < -0.3 is 15.7 Å². The summed E-state index contributed by atoms with van der Waals surface area (Å²) in [5.74, 6) is -1.15. The fourth-order valence-corrected chi connectivity index (χ4v) is 2.03. The van der Waals surface area contributed by atoms with Crippen molar-refractivity contribution in [2.45, 2.75) is 6.04 Å². The van der Waals surface area contributed by atoms with E-state index >= 15 is 0 Å². The number of hydrogen-bond acceptors (Lipinski definition) is 4. The van der Waals surface area contributed by atoms with Gasteiger partial charge in [0.25, 0.3) is 5.91 Å². The number of carbonyl (C=O) groups excluding carboxylic acids is 2. The molecular formula is C17H17N3O4. The number of imide groups is 1. The fraction of sp³-hybridized carbons (Fsp3) is 0.118. The lowest BCUT2D eigenvalue weighted by Crippen LogP contribution is -2.22. The Labute approximate surface area is 138 Å². The van der Waals surface area contributed by atoms with Gasteiger partial charge in [-0.05, 0) is 17.7 Å². The van der Waals surface area contributed by atoms with Crippen LogP contribution in [0.4, 0.5) is 10.5 Å². The summed E-state index contributed by atoms with van der Waals surface area (Å²) in [6, 6.07) is 17.4. The molecule has 1 heterocycles. The smallest absolute Gasteiger partial charge is 0.322 e. The van der Waals surface area contributed by atoms with Crippen LogP contribution in [0.3, 0.4) is 0 Å². The molecule has 0 saturated carbocycles. The monoisotopic (exact) mass is 327 g/mol. The molecule has 0 bridgehead atoms. The van der Waals surface area contributed by atoms with Gasteiger partial charge in [0.2, 0.25) is 0 Å². The van der Waals surface area contributed by atoms with Gasteiger partial charge in [-0.15, -0.1) is 0 Å². The summed E-state index contributed by atoms with van der Waals surface area (Å²) in [5, 5.41) is 15.8. The highest BCUT2D eigenvalue weighted by Crippen LogP contribution is 2.15. The minimum Gasteiger partial charge on any atom is -0.480 e. The first-order chi connectivity index (χ1) is 11.6. The Hall–Kier alpha value is -3.35. The summed E-state index contributed by atoms with van der Waals surface area (Å²) < 4.78 is 0. The third-order valence-corrected chi connectivity index (χ3v) is 3.12. The first kappa shape index (κ1) is 17.0. The SMILES string of the molecule is O=C(O)CNc1ccccc1.O=C1NC(=O)C(c2ccccc2)N1. The van der Waals surface area contributed by atoms with Crippen molar-refractivity contribution in [1.29, 1.82) is 0 Å². The average Bonchev–Trinajstić information content (AvgIpc) is 2.94. The summed E-state index contributed by atoms with van der Waals surface area (Å²) >= 11 is 0. The second kappa shape index (κ2) is 8.33. The van der Waals surface area contributed by atoms with Crippen molar-refractivity contribution in [3.8, 4) is 0 Å². The minimum absolute atomic E-state index is 0.0377. The molecule has 24 heavy (non-hydrogen) atoms. The van der Waals surface area contributed by atoms with Crippen LogP contribution in [0.5, 0.6) is 0 Å². The number of rotatable bonds is 4. The third kappa shape index (κ3) is 5.13. The molecule has 7 heteroatoms. The molecule has 4 N–H and O–H groups in total. The van der Waals surface area contributed by atoms with Crippen molar-refractivity contribution >= 4 is 23.6 Å². The molecule has 1 saturated heterocycles. The molecule has 0 spiro atoms. The van der Waals surface area contributed by atoms with E-state index in [9.17, 15) is 14.4 Å². The molecule has 1 atom stereocenters. The normalized spacial score (nSPS) is 15.6. The number of urea groups is 1. The number of hydrogen-bond donors (Lipinski definition) is 4. The van der Waals surface area contributed by atoms with Crippen molar-refractivity contribution in [2.75, 3.05) is 11.9 Å². The molecule has 3 amide bonds. The number of carbonyl (C=O) groups is 3. The zero-order valence-corrected chi connectivity index (χ0v) is 12.7. The van der Waals surface area contributed by atoms with Crippen LogP contribution in [0.15, 0.2) is 60.7 Å². The molecule has 124 valence electrons. The van der Waals surface area contributed by atoms with E-state index in [1.165, 1.54) is 0 Å². The molecule has 1 aliphatic rings. The Morgan fingerprint density at radius 2 is 1.58 bits per heavy atom. The quantitative estimate of drug-likeness (QED) is 0.640. The van der Waals surface area contributed by atoms with Crippen LogP contribution >= 0.6 is 0 Å². The van der Waals surface area contributed by atoms with Crippen LogP contribution in [-0.2, 0) is 9.59 Å². The van der Waals surface area contributed by atoms with Crippen LogP contribution in [-0.4, -0.2) is 29.6 Å². The maximum Gasteiger partial charge on any atom is 0.322 e. The average molecular weight is 327 g/mol. The van der Waals surface area contributed by atoms with Crippen LogP contribution in [0.1, 0.15) is 11.6 Å². The number of benzene rings is 2. The van der Waals surface area contributed by atoms with E-state index in [-0.39, 0.29) is 12.5 Å². The fourth-order valence-electron chi connectivity index (χ4n) is 2.03. The molecule has 1 aliphatic heterocycles. The molecule has 7 nitrogen and oxygen atoms in total. The lowest BCUT2D eigenvalue weighted by atomic mass is 10.1. The van der Waals surface area contributed by atoms with Crippen molar-refractivity contribution in [3.63, 3.8) is 0 Å². The molecule has 1 fully saturated rings. The van der Waals surface area contributed by atoms with Gasteiger partial charge >= 0.3 is 12.0 Å². The predicted octanol–water partition coefficient (Wildman–Crippen LogP) is 1.75. The second-order valence-corrected chi connectivity index (χ2v) is 4.92. The molecule has 0 aliphatic carbocycles. The summed E-state index contributed by atoms with van der Waals surface area (Å²) in [6.45, 7) is -0.0377. The predicted molar refractivity (Wildman–Crippen MR) is 88.4 cm³/mol. The summed E-state index contributed by atoms with van der Waals surface area (Å²) in [5.41, 5.74) is 1.63. The lowest BCUT2D eigenvalue weighted by Gasteiger charge is -2.05. The number of amides is 3. The number of nitrogens with one attached hydrogen (secondary N) is 3. The number of aliphatic carboxylic acids is 1. The zero-order chi connectivity index (χ0) is 17.4. The molecular weight excluding hydrogens is 310 g/mol. The number of carboxylic acids is 1. The van der Waals surface area contributed by atoms with Crippen LogP contribution < -0.4 is 16.0 Å². The Morgan fingerprint density at radius 1 is 1.00 bits per heavy atom. The van der Waals surface area contributed by atoms with Gasteiger partial charge in [0.05, 0.1) is 0 Å². The highest BCUT2D eigenvalue weighted by atomic mass is 16.4. The van der Waals surface area contributed by atoms with Crippen LogP contribution in [0.2, 0.25) is 0 Å². The Bertz CT molecular complexity index is 704. The van der Waals surface area contributed by atoms with Crippen molar-refractivity contribution in [2.24, 2.45) is 0 Å². The van der Waals surface area contributed by atoms with E-state index in [4.69, 9.17) is 5.11 Å². The van der Waals surface area contributed by atoms with Crippen molar-refractivity contribution in [3.05, 3.63) is 66.2 Å². The first-order valence-electron chi connectivity index (χ1n) is 7.23. The molecule has 0 radical (unpaired) electrons. The molecule has 2 aromatic rings. The topological polar surface area (TPSA) is 108 Å². The Balaban J connectivity index is 0.000000177. The molecule has 1 unspecified atom stereocenters. The van der Waals surface area contributed by atoms with E-state index in [0.717, 1.165) is 11.3 Å². The zero-order valence-electron chi connectivity index (χ0n) is 12.7. The van der Waals surface area contributed by atoms with Crippen molar-refractivity contribution < 1.29 is 19.5 Å². The number of carboxylic acid groups (broad SMARTS) is 1. The number of para-hydroxylation sites is 1. The van der Waals surface area contributed by atoms with Gasteiger partial charge in [0.15, 0.2) is 0 Å². The summed E-state index contributed by atoms with van der Waals surface area (Å²) in [7, 11) is 0. The van der Waals surface area contributed by atoms with Gasteiger partial charge in [-0.3, -0.25) is 14.9 Å². The standard InChI is InChI=1S/C9H8N2O2.C8H9NO2/c12-8-7(10-9(13)11-8)6-4-2-1-3-5-6;10-8(11)6-9-7-4-2-1-3-5-7/h1-5,7H,(H2,10,11,12,13);1-5,9H,6H2,(H,10,11). The van der Waals surface area contributed by atoms with Crippen molar-refractivity contribution in [1.82, 2.24) is 10.6 Å². The van der Waals surface area contributed by atoms with E-state index < -0.39 is 18.0 Å². The van der Waals surface area contributed by atoms with Gasteiger partial charge in [-0.1, -0.05) is 48.5 Å². The van der Waals surface area contributed by atoms with E-state index in [1.807, 2.05) is 48.5 Å². The van der Waals surface area contributed by atoms with E-state index in [2.05, 4.69) is 16.0 Å². The Kier molecular flexibility index (Phi) is 5.90. The molecule has 2 aromatic carbocycles. The van der Waals surface area contributed by atoms with Gasteiger partial charge in [0.1, 0.15) is 12.6 Å². The van der Waals surface area contributed by atoms with Crippen LogP contribution in [0.25, 0.3) is 0 Å². The summed E-state index contributed by atoms with van der Waals surface area (Å²) in [6.07, 6.45) is 0. The number of anilines is 1. The summed E-state index contributed by atoms with van der Waals surface area (Å²) in [4.78, 5) is 32.1. The lowest BCUT2D eigenvalue weighted by molar-refractivity contribution is -0.135. The molecule has 0 aromatic heterocycles. The third-order valence-electron chi connectivity index (χ3n) is 3.12. The maximum absolute atomic E-state index is 11.2. The van der Waals surface area contributed by atoms with Gasteiger partial charge in [0, 0.05) is 5.69 Å². The largest absolute Gasteiger partial charge is 0.480 e. The van der Waals surface area contributed by atoms with Gasteiger partial charge in [-0.25, -0.2) is 4.79 Å². The maximum atomic E-state index is 11.2. The second-order valence-electron chi connectivity index (χ2n) is 4.92. The van der Waals surface area contributed by atoms with Crippen LogP contribution in [0, 0.1) is 0 Å². The Morgan fingerprint density at radius 3 is 2.08 bits per heavy atom. The highest BCUT2D eigenvalue weighted by Gasteiger charge is 2.30. The first-order valence-corrected chi connectivity index (χ1v) is 7.23. The molecule has 3 rings (SSSR count).